The molecule has 0 heterocycles. The van der Waals surface area contributed by atoms with Crippen LogP contribution in [0.5, 0.6) is 0 Å². The van der Waals surface area contributed by atoms with Crippen LogP contribution in [0.4, 0.5) is 0 Å². The Morgan fingerprint density at radius 1 is 1.31 bits per heavy atom. The predicted molar refractivity (Wildman–Crippen MR) is 66.1 cm³/mol. The smallest absolute Gasteiger partial charge is 0.286 e. The molecule has 84 valence electrons. The number of aryl methyl sites for hydroxylation is 1. The second-order valence-corrected chi connectivity index (χ2v) is 4.66. The van der Waals surface area contributed by atoms with Gasteiger partial charge in [-0.2, -0.15) is 0 Å². The maximum absolute atomic E-state index is 7.18. The largest absolute Gasteiger partial charge is 0.293 e. The molecule has 0 aromatic heterocycles. The van der Waals surface area contributed by atoms with Gasteiger partial charge in [0.25, 0.3) is 5.66 Å². The summed E-state index contributed by atoms with van der Waals surface area (Å²) in [4.78, 5) is 3.71. The first-order valence-electron chi connectivity index (χ1n) is 5.93. The molecule has 0 saturated heterocycles. The minimum atomic E-state index is -0.218. The molecule has 0 unspecified atom stereocenters. The van der Waals surface area contributed by atoms with Gasteiger partial charge >= 0.3 is 0 Å². The zero-order valence-electron chi connectivity index (χ0n) is 9.79. The zero-order chi connectivity index (χ0) is 11.4. The number of hydrogen-bond acceptors (Lipinski definition) is 1. The first-order valence-corrected chi connectivity index (χ1v) is 5.93. The summed E-state index contributed by atoms with van der Waals surface area (Å²) in [5.74, 6) is 0. The molecule has 1 aliphatic carbocycles. The molecule has 0 radical (unpaired) electrons. The van der Waals surface area contributed by atoms with Crippen molar-refractivity contribution in [3.63, 3.8) is 0 Å². The van der Waals surface area contributed by atoms with E-state index in [0.717, 1.165) is 25.8 Å². The first kappa shape index (κ1) is 11.2. The highest BCUT2D eigenvalue weighted by Gasteiger charge is 2.42. The van der Waals surface area contributed by atoms with Crippen molar-refractivity contribution in [2.24, 2.45) is 0 Å². The van der Waals surface area contributed by atoms with Gasteiger partial charge in [0.15, 0.2) is 0 Å². The summed E-state index contributed by atoms with van der Waals surface area (Å²) in [5, 5.41) is 3.39. The summed E-state index contributed by atoms with van der Waals surface area (Å²) in [6.45, 7) is 10.2. The molecule has 0 amide bonds. The Morgan fingerprint density at radius 3 is 2.50 bits per heavy atom. The molecular formula is C14H18N2. The van der Waals surface area contributed by atoms with Crippen molar-refractivity contribution in [1.29, 1.82) is 0 Å². The number of nitrogens with one attached hydrogen (secondary N) is 1. The Morgan fingerprint density at radius 2 is 2.00 bits per heavy atom. The second kappa shape index (κ2) is 4.67. The van der Waals surface area contributed by atoms with E-state index in [1.165, 1.54) is 17.5 Å². The maximum atomic E-state index is 7.18. The van der Waals surface area contributed by atoms with Crippen molar-refractivity contribution in [3.8, 4) is 0 Å². The van der Waals surface area contributed by atoms with Crippen LogP contribution in [0.1, 0.15) is 30.4 Å². The lowest BCUT2D eigenvalue weighted by atomic mass is 9.85. The lowest BCUT2D eigenvalue weighted by Crippen LogP contribution is -2.48. The molecule has 1 fully saturated rings. The summed E-state index contributed by atoms with van der Waals surface area (Å²) in [6.07, 6.45) is 4.24. The highest BCUT2D eigenvalue weighted by molar-refractivity contribution is 5.21. The molecule has 1 aromatic carbocycles. The number of hydrogen-bond donors (Lipinski definition) is 1. The van der Waals surface area contributed by atoms with Crippen molar-refractivity contribution in [2.75, 3.05) is 6.54 Å². The summed E-state index contributed by atoms with van der Waals surface area (Å²) >= 11 is 0. The Balaban J connectivity index is 1.80. The van der Waals surface area contributed by atoms with E-state index < -0.39 is 0 Å². The van der Waals surface area contributed by atoms with Crippen LogP contribution in [-0.4, -0.2) is 12.2 Å². The van der Waals surface area contributed by atoms with Gasteiger partial charge in [0.1, 0.15) is 0 Å². The average molecular weight is 214 g/mol. The van der Waals surface area contributed by atoms with Crippen LogP contribution >= 0.6 is 0 Å². The lowest BCUT2D eigenvalue weighted by Gasteiger charge is -2.30. The summed E-state index contributed by atoms with van der Waals surface area (Å²) in [7, 11) is 0. The molecule has 2 rings (SSSR count). The Kier molecular flexibility index (Phi) is 3.26. The van der Waals surface area contributed by atoms with E-state index in [9.17, 15) is 0 Å². The predicted octanol–water partition coefficient (Wildman–Crippen LogP) is 2.93. The third kappa shape index (κ3) is 2.43. The SMILES string of the molecule is [C-]#[N+]C1(NCCc2ccc(C)cc2)CCC1. The summed E-state index contributed by atoms with van der Waals surface area (Å²) in [5.41, 5.74) is 2.43. The van der Waals surface area contributed by atoms with Crippen LogP contribution in [0.3, 0.4) is 0 Å². The van der Waals surface area contributed by atoms with Gasteiger partial charge in [-0.1, -0.05) is 29.8 Å². The quantitative estimate of drug-likeness (QED) is 0.762. The molecule has 2 heteroatoms. The highest BCUT2D eigenvalue weighted by Crippen LogP contribution is 2.32. The van der Waals surface area contributed by atoms with Crippen molar-refractivity contribution < 1.29 is 0 Å². The molecule has 1 aromatic rings. The highest BCUT2D eigenvalue weighted by atomic mass is 15.1. The van der Waals surface area contributed by atoms with Crippen LogP contribution in [0.2, 0.25) is 0 Å². The van der Waals surface area contributed by atoms with Crippen LogP contribution in [0.15, 0.2) is 24.3 Å². The van der Waals surface area contributed by atoms with E-state index in [0.29, 0.717) is 0 Å². The molecule has 16 heavy (non-hydrogen) atoms. The van der Waals surface area contributed by atoms with Crippen molar-refractivity contribution in [3.05, 3.63) is 46.8 Å². The minimum Gasteiger partial charge on any atom is -0.293 e. The fourth-order valence-corrected chi connectivity index (χ4v) is 2.03. The Labute approximate surface area is 97.5 Å². The molecular weight excluding hydrogens is 196 g/mol. The van der Waals surface area contributed by atoms with Gasteiger partial charge < -0.3 is 0 Å². The van der Waals surface area contributed by atoms with Gasteiger partial charge in [-0.3, -0.25) is 4.85 Å². The van der Waals surface area contributed by atoms with E-state index in [2.05, 4.69) is 41.4 Å². The fraction of sp³-hybridized carbons (Fsp3) is 0.500. The maximum Gasteiger partial charge on any atom is 0.286 e. The van der Waals surface area contributed by atoms with Crippen LogP contribution in [-0.2, 0) is 6.42 Å². The molecule has 0 aliphatic heterocycles. The molecule has 0 spiro atoms. The fourth-order valence-electron chi connectivity index (χ4n) is 2.03. The molecule has 0 bridgehead atoms. The molecule has 0 atom stereocenters. The first-order chi connectivity index (χ1) is 7.74. The van der Waals surface area contributed by atoms with Gasteiger partial charge in [0.05, 0.1) is 0 Å². The normalized spacial score (nSPS) is 17.5. The number of nitrogens with zero attached hydrogens (tertiary/aromatic N) is 1. The van der Waals surface area contributed by atoms with Gasteiger partial charge in [-0.15, -0.1) is 0 Å². The molecule has 2 nitrogen and oxygen atoms in total. The molecule has 1 N–H and O–H groups in total. The summed E-state index contributed by atoms with van der Waals surface area (Å²) in [6, 6.07) is 8.62. The third-order valence-electron chi connectivity index (χ3n) is 3.38. The van der Waals surface area contributed by atoms with E-state index in [-0.39, 0.29) is 5.66 Å². The average Bonchev–Trinajstić information content (AvgIpc) is 2.25. The van der Waals surface area contributed by atoms with Gasteiger partial charge in [-0.05, 0) is 25.3 Å². The van der Waals surface area contributed by atoms with Crippen molar-refractivity contribution in [1.82, 2.24) is 5.32 Å². The van der Waals surface area contributed by atoms with Crippen LogP contribution in [0.25, 0.3) is 4.85 Å². The number of benzene rings is 1. The number of rotatable bonds is 4. The van der Waals surface area contributed by atoms with E-state index >= 15 is 0 Å². The van der Waals surface area contributed by atoms with E-state index in [4.69, 9.17) is 6.57 Å². The van der Waals surface area contributed by atoms with Crippen LogP contribution < -0.4 is 5.32 Å². The van der Waals surface area contributed by atoms with E-state index in [1.54, 1.807) is 0 Å². The summed E-state index contributed by atoms with van der Waals surface area (Å²) < 4.78 is 0. The van der Waals surface area contributed by atoms with Gasteiger partial charge in [-0.25, -0.2) is 11.9 Å². The van der Waals surface area contributed by atoms with Crippen molar-refractivity contribution in [2.45, 2.75) is 38.3 Å². The monoisotopic (exact) mass is 214 g/mol. The van der Waals surface area contributed by atoms with Crippen molar-refractivity contribution >= 4 is 0 Å². The molecule has 1 aliphatic rings. The zero-order valence-corrected chi connectivity index (χ0v) is 9.79. The Bertz CT molecular complexity index is 382. The Hall–Kier alpha value is -1.33. The second-order valence-electron chi connectivity index (χ2n) is 4.66. The van der Waals surface area contributed by atoms with Crippen LogP contribution in [0, 0.1) is 13.5 Å². The third-order valence-corrected chi connectivity index (χ3v) is 3.38. The van der Waals surface area contributed by atoms with Gasteiger partial charge in [0.2, 0.25) is 0 Å². The minimum absolute atomic E-state index is 0.218. The molecule has 1 saturated carbocycles. The van der Waals surface area contributed by atoms with Gasteiger partial charge in [0, 0.05) is 19.4 Å². The lowest BCUT2D eigenvalue weighted by molar-refractivity contribution is 0.244. The standard InChI is InChI=1S/C14H18N2/c1-12-4-6-13(7-5-12)8-11-16-14(15-2)9-3-10-14/h4-7,16H,3,8-11H2,1H3. The topological polar surface area (TPSA) is 16.4 Å². The van der Waals surface area contributed by atoms with E-state index in [1.807, 2.05) is 0 Å².